The van der Waals surface area contributed by atoms with Crippen molar-refractivity contribution >= 4 is 13.5 Å². The van der Waals surface area contributed by atoms with Gasteiger partial charge < -0.3 is 9.84 Å². The summed E-state index contributed by atoms with van der Waals surface area (Å²) in [5.74, 6) is 0.134. The molecule has 0 saturated carbocycles. The van der Waals surface area contributed by atoms with E-state index in [1.807, 2.05) is 24.3 Å². The average molecular weight is 253 g/mol. The predicted octanol–water partition coefficient (Wildman–Crippen LogP) is 2.06. The van der Waals surface area contributed by atoms with Gasteiger partial charge in [-0.15, -0.1) is 0 Å². The van der Waals surface area contributed by atoms with Gasteiger partial charge in [-0.1, -0.05) is 36.4 Å². The predicted molar refractivity (Wildman–Crippen MR) is 64.8 cm³/mol. The van der Waals surface area contributed by atoms with Gasteiger partial charge in [0.1, 0.15) is 0 Å². The van der Waals surface area contributed by atoms with Crippen LogP contribution in [-0.4, -0.2) is 15.8 Å². The second kappa shape index (κ2) is 4.75. The van der Waals surface area contributed by atoms with E-state index in [0.717, 1.165) is 0 Å². The molecule has 0 fully saturated rings. The van der Waals surface area contributed by atoms with Gasteiger partial charge in [-0.05, 0) is 12.1 Å². The van der Waals surface area contributed by atoms with E-state index >= 15 is 0 Å². The van der Waals surface area contributed by atoms with E-state index in [4.69, 9.17) is 9.79 Å². The highest BCUT2D eigenvalue weighted by atomic mass is 31.2. The van der Waals surface area contributed by atoms with Crippen LogP contribution in [-0.2, 0) is 4.57 Å². The summed E-state index contributed by atoms with van der Waals surface area (Å²) < 4.78 is 15.4. The van der Waals surface area contributed by atoms with Crippen molar-refractivity contribution < 1.29 is 18.9 Å². The summed E-state index contributed by atoms with van der Waals surface area (Å²) in [4.78, 5) is 17.6. The zero-order valence-electron chi connectivity index (χ0n) is 8.85. The molecular formula is C11H12NO4P. The number of benzene rings is 1. The van der Waals surface area contributed by atoms with Gasteiger partial charge in [0, 0.05) is 0 Å². The van der Waals surface area contributed by atoms with Crippen molar-refractivity contribution in [3.8, 4) is 5.75 Å². The fraction of sp³-hybridized carbons (Fsp3) is 0.0909. The van der Waals surface area contributed by atoms with Crippen LogP contribution >= 0.6 is 7.82 Å². The van der Waals surface area contributed by atoms with Gasteiger partial charge in [-0.2, -0.15) is 0 Å². The smallest absolute Gasteiger partial charge is 0.402 e. The van der Waals surface area contributed by atoms with E-state index in [9.17, 15) is 4.57 Å². The first-order valence-electron chi connectivity index (χ1n) is 5.00. The fourth-order valence-corrected chi connectivity index (χ4v) is 1.92. The number of phosphoric ester groups is 1. The lowest BCUT2D eigenvalue weighted by Crippen LogP contribution is -2.12. The molecule has 3 N–H and O–H groups in total. The number of para-hydroxylation sites is 2. The van der Waals surface area contributed by atoms with Crippen molar-refractivity contribution in [1.29, 1.82) is 0 Å². The van der Waals surface area contributed by atoms with Crippen molar-refractivity contribution in [1.82, 2.24) is 0 Å². The van der Waals surface area contributed by atoms with Gasteiger partial charge in [0.15, 0.2) is 5.75 Å². The number of hydrogen-bond donors (Lipinski definition) is 3. The monoisotopic (exact) mass is 253 g/mol. The average Bonchev–Trinajstić information content (AvgIpc) is 2.71. The first-order chi connectivity index (χ1) is 8.04. The first kappa shape index (κ1) is 11.9. The summed E-state index contributed by atoms with van der Waals surface area (Å²) in [6, 6.07) is 6.62. The van der Waals surface area contributed by atoms with Crippen LogP contribution < -0.4 is 9.84 Å². The summed E-state index contributed by atoms with van der Waals surface area (Å²) in [6.07, 6.45) is 7.64. The maximum atomic E-state index is 10.8. The molecule has 0 aromatic heterocycles. The van der Waals surface area contributed by atoms with Gasteiger partial charge in [0.2, 0.25) is 0 Å². The standard InChI is InChI=1S/C11H12NO4P/c13-17(14,15)16-11-8-4-3-7-10(11)12-9-5-1-2-6-9/h1-9,12H,(H2,13,14,15). The van der Waals surface area contributed by atoms with Crippen LogP contribution in [0.4, 0.5) is 5.69 Å². The van der Waals surface area contributed by atoms with Gasteiger partial charge in [0.05, 0.1) is 11.7 Å². The maximum absolute atomic E-state index is 10.8. The molecule has 0 heterocycles. The Labute approximate surface area is 98.7 Å². The number of phosphoric acid groups is 1. The minimum Gasteiger partial charge on any atom is -0.402 e. The summed E-state index contributed by atoms with van der Waals surface area (Å²) in [7, 11) is -4.54. The molecule has 0 spiro atoms. The maximum Gasteiger partial charge on any atom is 0.524 e. The van der Waals surface area contributed by atoms with Crippen LogP contribution in [0.1, 0.15) is 0 Å². The molecule has 90 valence electrons. The molecule has 0 atom stereocenters. The van der Waals surface area contributed by atoms with Crippen molar-refractivity contribution in [2.45, 2.75) is 6.04 Å². The lowest BCUT2D eigenvalue weighted by atomic mass is 10.2. The van der Waals surface area contributed by atoms with E-state index in [-0.39, 0.29) is 11.8 Å². The SMILES string of the molecule is O=P(O)(O)Oc1ccccc1NC1C=CC=C1. The molecule has 6 heteroatoms. The van der Waals surface area contributed by atoms with Crippen molar-refractivity contribution in [2.75, 3.05) is 5.32 Å². The quantitative estimate of drug-likeness (QED) is 0.716. The number of allylic oxidation sites excluding steroid dienone is 2. The van der Waals surface area contributed by atoms with E-state index in [1.54, 1.807) is 18.2 Å². The molecule has 1 aromatic rings. The van der Waals surface area contributed by atoms with Crippen LogP contribution in [0.25, 0.3) is 0 Å². The molecule has 0 saturated heterocycles. The van der Waals surface area contributed by atoms with Gasteiger partial charge in [-0.3, -0.25) is 9.79 Å². The Balaban J connectivity index is 2.18. The second-order valence-electron chi connectivity index (χ2n) is 3.52. The largest absolute Gasteiger partial charge is 0.524 e. The minimum atomic E-state index is -4.54. The van der Waals surface area contributed by atoms with E-state index in [0.29, 0.717) is 5.69 Å². The molecule has 0 bridgehead atoms. The highest BCUT2D eigenvalue weighted by Gasteiger charge is 2.18. The normalized spacial score (nSPS) is 15.2. The summed E-state index contributed by atoms with van der Waals surface area (Å²) >= 11 is 0. The van der Waals surface area contributed by atoms with Crippen LogP contribution in [0.2, 0.25) is 0 Å². The topological polar surface area (TPSA) is 78.8 Å². The lowest BCUT2D eigenvalue weighted by Gasteiger charge is -2.15. The van der Waals surface area contributed by atoms with Crippen molar-refractivity contribution in [2.24, 2.45) is 0 Å². The Morgan fingerprint density at radius 2 is 1.82 bits per heavy atom. The number of rotatable bonds is 4. The Morgan fingerprint density at radius 3 is 2.47 bits per heavy atom. The summed E-state index contributed by atoms with van der Waals surface area (Å²) in [6.45, 7) is 0. The molecule has 1 aromatic carbocycles. The molecule has 1 aliphatic carbocycles. The molecule has 0 aliphatic heterocycles. The number of nitrogens with one attached hydrogen (secondary N) is 1. The van der Waals surface area contributed by atoms with Crippen LogP contribution in [0.15, 0.2) is 48.6 Å². The molecule has 17 heavy (non-hydrogen) atoms. The third-order valence-corrected chi connectivity index (χ3v) is 2.61. The number of anilines is 1. The van der Waals surface area contributed by atoms with Crippen molar-refractivity contribution in [3.63, 3.8) is 0 Å². The summed E-state index contributed by atoms with van der Waals surface area (Å²) in [5, 5.41) is 3.09. The molecular weight excluding hydrogens is 241 g/mol. The third kappa shape index (κ3) is 3.46. The Hall–Kier alpha value is -1.55. The molecule has 5 nitrogen and oxygen atoms in total. The van der Waals surface area contributed by atoms with E-state index in [2.05, 4.69) is 9.84 Å². The van der Waals surface area contributed by atoms with Crippen molar-refractivity contribution in [3.05, 3.63) is 48.6 Å². The first-order valence-corrected chi connectivity index (χ1v) is 6.53. The van der Waals surface area contributed by atoms with E-state index < -0.39 is 7.82 Å². The van der Waals surface area contributed by atoms with Gasteiger partial charge >= 0.3 is 7.82 Å². The highest BCUT2D eigenvalue weighted by molar-refractivity contribution is 7.46. The van der Waals surface area contributed by atoms with E-state index in [1.165, 1.54) is 6.07 Å². The molecule has 1 aliphatic rings. The van der Waals surface area contributed by atoms with Crippen LogP contribution in [0.5, 0.6) is 5.75 Å². The molecule has 0 amide bonds. The Kier molecular flexibility index (Phi) is 3.33. The van der Waals surface area contributed by atoms with Gasteiger partial charge in [-0.25, -0.2) is 4.57 Å². The van der Waals surface area contributed by atoms with Crippen LogP contribution in [0.3, 0.4) is 0 Å². The van der Waals surface area contributed by atoms with Gasteiger partial charge in [0.25, 0.3) is 0 Å². The fourth-order valence-electron chi connectivity index (χ4n) is 1.50. The lowest BCUT2D eigenvalue weighted by molar-refractivity contribution is 0.283. The second-order valence-corrected chi connectivity index (χ2v) is 4.68. The molecule has 0 unspecified atom stereocenters. The zero-order valence-corrected chi connectivity index (χ0v) is 9.75. The third-order valence-electron chi connectivity index (χ3n) is 2.17. The summed E-state index contributed by atoms with van der Waals surface area (Å²) in [5.41, 5.74) is 0.539. The number of hydrogen-bond acceptors (Lipinski definition) is 3. The highest BCUT2D eigenvalue weighted by Crippen LogP contribution is 2.41. The Morgan fingerprint density at radius 1 is 1.18 bits per heavy atom. The van der Waals surface area contributed by atoms with Crippen LogP contribution in [0, 0.1) is 0 Å². The Bertz CT molecular complexity index is 494. The minimum absolute atomic E-state index is 0.0107. The zero-order chi connectivity index (χ0) is 12.3. The molecule has 2 rings (SSSR count). The molecule has 0 radical (unpaired) electrons.